The molecule has 3 saturated heterocycles. The lowest BCUT2D eigenvalue weighted by Gasteiger charge is -2.48. The quantitative estimate of drug-likeness (QED) is 0.777. The number of hydrogen-bond acceptors (Lipinski definition) is 3. The van der Waals surface area contributed by atoms with E-state index in [0.717, 1.165) is 77.0 Å². The fourth-order valence-electron chi connectivity index (χ4n) is 4.79. The molecule has 27 heavy (non-hydrogen) atoms. The van der Waals surface area contributed by atoms with E-state index in [1.807, 2.05) is 6.07 Å². The highest BCUT2D eigenvalue weighted by Gasteiger charge is 2.41. The molecule has 3 aliphatic heterocycles. The number of likely N-dealkylation sites (tertiary alicyclic amines) is 2. The van der Waals surface area contributed by atoms with Gasteiger partial charge in [0.1, 0.15) is 5.82 Å². The van der Waals surface area contributed by atoms with E-state index in [1.54, 1.807) is 6.07 Å². The van der Waals surface area contributed by atoms with Gasteiger partial charge in [0.2, 0.25) is 5.91 Å². The van der Waals surface area contributed by atoms with E-state index in [1.165, 1.54) is 6.07 Å². The van der Waals surface area contributed by atoms with Crippen molar-refractivity contribution in [2.45, 2.75) is 51.2 Å². The van der Waals surface area contributed by atoms with Crippen LogP contribution in [0.2, 0.25) is 5.02 Å². The van der Waals surface area contributed by atoms with Crippen molar-refractivity contribution in [1.29, 1.82) is 0 Å². The normalized spacial score (nSPS) is 26.1. The van der Waals surface area contributed by atoms with Gasteiger partial charge in [-0.15, -0.1) is 0 Å². The topological polar surface area (TPSA) is 32.8 Å². The predicted molar refractivity (Wildman–Crippen MR) is 103 cm³/mol. The zero-order valence-electron chi connectivity index (χ0n) is 15.8. The number of piperidine rings is 2. The van der Waals surface area contributed by atoms with Gasteiger partial charge in [-0.2, -0.15) is 0 Å². The molecule has 1 atom stereocenters. The highest BCUT2D eigenvalue weighted by Crippen LogP contribution is 2.40. The Balaban J connectivity index is 1.33. The van der Waals surface area contributed by atoms with Crippen LogP contribution in [0.5, 0.6) is 0 Å². The second-order valence-corrected chi connectivity index (χ2v) is 8.84. The van der Waals surface area contributed by atoms with Crippen LogP contribution in [0, 0.1) is 11.2 Å². The van der Waals surface area contributed by atoms with Gasteiger partial charge in [-0.05, 0) is 68.3 Å². The molecule has 4 rings (SSSR count). The standard InChI is InChI=1S/C21H28ClFN2O2/c22-18-12-16(3-4-19(18)23)13-24-9-7-21(8-10-24)6-5-20(26)25(15-21)14-17-2-1-11-27-17/h3-4,12,17H,1-2,5-11,13-15H2/t17-/m0/s1. The maximum atomic E-state index is 13.3. The first kappa shape index (κ1) is 19.2. The third-order valence-corrected chi connectivity index (χ3v) is 6.79. The van der Waals surface area contributed by atoms with Crippen LogP contribution in [0.1, 0.15) is 44.1 Å². The van der Waals surface area contributed by atoms with E-state index in [2.05, 4.69) is 9.80 Å². The third kappa shape index (κ3) is 4.47. The highest BCUT2D eigenvalue weighted by molar-refractivity contribution is 6.30. The average molecular weight is 395 g/mol. The molecule has 148 valence electrons. The van der Waals surface area contributed by atoms with Crippen molar-refractivity contribution < 1.29 is 13.9 Å². The number of carbonyl (C=O) groups is 1. The number of amides is 1. The molecule has 0 radical (unpaired) electrons. The van der Waals surface area contributed by atoms with Gasteiger partial charge in [0.05, 0.1) is 11.1 Å². The Labute approximate surface area is 165 Å². The number of benzene rings is 1. The van der Waals surface area contributed by atoms with Crippen molar-refractivity contribution in [2.24, 2.45) is 5.41 Å². The maximum absolute atomic E-state index is 13.3. The number of hydrogen-bond donors (Lipinski definition) is 0. The molecule has 3 heterocycles. The Morgan fingerprint density at radius 3 is 2.78 bits per heavy atom. The van der Waals surface area contributed by atoms with Crippen LogP contribution in [0.4, 0.5) is 4.39 Å². The summed E-state index contributed by atoms with van der Waals surface area (Å²) in [5, 5.41) is 0.191. The summed E-state index contributed by atoms with van der Waals surface area (Å²) >= 11 is 5.91. The van der Waals surface area contributed by atoms with E-state index < -0.39 is 0 Å². The van der Waals surface area contributed by atoms with E-state index in [0.29, 0.717) is 12.3 Å². The van der Waals surface area contributed by atoms with Gasteiger partial charge < -0.3 is 9.64 Å². The van der Waals surface area contributed by atoms with Gasteiger partial charge >= 0.3 is 0 Å². The van der Waals surface area contributed by atoms with E-state index in [4.69, 9.17) is 16.3 Å². The third-order valence-electron chi connectivity index (χ3n) is 6.50. The van der Waals surface area contributed by atoms with E-state index >= 15 is 0 Å². The van der Waals surface area contributed by atoms with Crippen LogP contribution in [0.3, 0.4) is 0 Å². The molecule has 0 aromatic heterocycles. The molecule has 0 N–H and O–H groups in total. The van der Waals surface area contributed by atoms with Crippen molar-refractivity contribution in [2.75, 3.05) is 32.8 Å². The second kappa shape index (κ2) is 8.06. The van der Waals surface area contributed by atoms with Crippen molar-refractivity contribution >= 4 is 17.5 Å². The van der Waals surface area contributed by atoms with E-state index in [-0.39, 0.29) is 22.4 Å². The molecule has 1 amide bonds. The monoisotopic (exact) mass is 394 g/mol. The summed E-state index contributed by atoms with van der Waals surface area (Å²) in [6, 6.07) is 4.98. The lowest BCUT2D eigenvalue weighted by molar-refractivity contribution is -0.141. The van der Waals surface area contributed by atoms with Gasteiger partial charge in [-0.3, -0.25) is 9.69 Å². The fraction of sp³-hybridized carbons (Fsp3) is 0.667. The van der Waals surface area contributed by atoms with Gasteiger partial charge in [0.25, 0.3) is 0 Å². The van der Waals surface area contributed by atoms with Crippen molar-refractivity contribution in [3.8, 4) is 0 Å². The molecule has 3 aliphatic rings. The van der Waals surface area contributed by atoms with Crippen LogP contribution < -0.4 is 0 Å². The molecule has 3 fully saturated rings. The molecular weight excluding hydrogens is 367 g/mol. The zero-order valence-corrected chi connectivity index (χ0v) is 16.5. The lowest BCUT2D eigenvalue weighted by atomic mass is 9.72. The van der Waals surface area contributed by atoms with Crippen LogP contribution in [-0.4, -0.2) is 54.6 Å². The summed E-state index contributed by atoms with van der Waals surface area (Å²) in [5.41, 5.74) is 1.31. The van der Waals surface area contributed by atoms with Crippen LogP contribution in [-0.2, 0) is 16.1 Å². The van der Waals surface area contributed by atoms with Crippen molar-refractivity contribution in [3.05, 3.63) is 34.6 Å². The zero-order chi connectivity index (χ0) is 18.9. The van der Waals surface area contributed by atoms with Gasteiger partial charge in [-0.25, -0.2) is 4.39 Å². The van der Waals surface area contributed by atoms with Gasteiger partial charge in [-0.1, -0.05) is 17.7 Å². The Morgan fingerprint density at radius 1 is 1.26 bits per heavy atom. The first-order chi connectivity index (χ1) is 13.0. The molecule has 1 spiro atoms. The summed E-state index contributed by atoms with van der Waals surface area (Å²) in [4.78, 5) is 16.9. The SMILES string of the molecule is O=C1CCC2(CCN(Cc3ccc(F)c(Cl)c3)CC2)CN1C[C@@H]1CCCO1. The van der Waals surface area contributed by atoms with Gasteiger partial charge in [0.15, 0.2) is 0 Å². The molecule has 0 unspecified atom stereocenters. The minimum absolute atomic E-state index is 0.191. The van der Waals surface area contributed by atoms with E-state index in [9.17, 15) is 9.18 Å². The first-order valence-corrected chi connectivity index (χ1v) is 10.5. The number of carbonyl (C=O) groups excluding carboxylic acids is 1. The Bertz CT molecular complexity index is 685. The number of rotatable bonds is 4. The smallest absolute Gasteiger partial charge is 0.222 e. The Kier molecular flexibility index (Phi) is 5.72. The molecular formula is C21H28ClFN2O2. The average Bonchev–Trinajstić information content (AvgIpc) is 3.17. The molecule has 0 saturated carbocycles. The summed E-state index contributed by atoms with van der Waals surface area (Å²) in [5.74, 6) is -0.0734. The summed E-state index contributed by atoms with van der Waals surface area (Å²) in [6.45, 7) is 5.29. The number of halogens is 2. The van der Waals surface area contributed by atoms with Crippen LogP contribution >= 0.6 is 11.6 Å². The van der Waals surface area contributed by atoms with Crippen molar-refractivity contribution in [1.82, 2.24) is 9.80 Å². The summed E-state index contributed by atoms with van der Waals surface area (Å²) < 4.78 is 19.1. The maximum Gasteiger partial charge on any atom is 0.222 e. The summed E-state index contributed by atoms with van der Waals surface area (Å²) in [7, 11) is 0. The Hall–Kier alpha value is -1.17. The molecule has 1 aromatic carbocycles. The molecule has 0 bridgehead atoms. The Morgan fingerprint density at radius 2 is 2.07 bits per heavy atom. The predicted octanol–water partition coefficient (Wildman–Crippen LogP) is 3.86. The number of nitrogens with zero attached hydrogens (tertiary/aromatic N) is 2. The summed E-state index contributed by atoms with van der Waals surface area (Å²) in [6.07, 6.45) is 6.30. The first-order valence-electron chi connectivity index (χ1n) is 10.1. The number of ether oxygens (including phenoxy) is 1. The molecule has 0 aliphatic carbocycles. The van der Waals surface area contributed by atoms with Crippen LogP contribution in [0.25, 0.3) is 0 Å². The lowest BCUT2D eigenvalue weighted by Crippen LogP contribution is -2.52. The van der Waals surface area contributed by atoms with Crippen LogP contribution in [0.15, 0.2) is 18.2 Å². The minimum atomic E-state index is -0.365. The largest absolute Gasteiger partial charge is 0.376 e. The highest BCUT2D eigenvalue weighted by atomic mass is 35.5. The van der Waals surface area contributed by atoms with Gasteiger partial charge in [0, 0.05) is 32.7 Å². The molecule has 4 nitrogen and oxygen atoms in total. The molecule has 6 heteroatoms. The molecule has 1 aromatic rings. The second-order valence-electron chi connectivity index (χ2n) is 8.43. The fourth-order valence-corrected chi connectivity index (χ4v) is 5.00. The van der Waals surface area contributed by atoms with Crippen molar-refractivity contribution in [3.63, 3.8) is 0 Å². The minimum Gasteiger partial charge on any atom is -0.376 e.